The average Bonchev–Trinajstić information content (AvgIpc) is 2.80. The zero-order valence-electron chi connectivity index (χ0n) is 15.7. The second-order valence-electron chi connectivity index (χ2n) is 7.48. The van der Waals surface area contributed by atoms with Crippen LogP contribution in [0.1, 0.15) is 56.7 Å². The molecule has 0 bridgehead atoms. The van der Waals surface area contributed by atoms with E-state index in [0.29, 0.717) is 19.4 Å². The predicted octanol–water partition coefficient (Wildman–Crippen LogP) is 2.71. The van der Waals surface area contributed by atoms with Crippen molar-refractivity contribution in [1.82, 2.24) is 0 Å². The molecule has 2 unspecified atom stereocenters. The number of benzene rings is 1. The Balaban J connectivity index is 1.92. The third-order valence-electron chi connectivity index (χ3n) is 4.55. The molecule has 0 radical (unpaired) electrons. The van der Waals surface area contributed by atoms with Gasteiger partial charge in [-0.1, -0.05) is 12.1 Å². The maximum atomic E-state index is 11.4. The highest BCUT2D eigenvalue weighted by Gasteiger charge is 2.32. The lowest BCUT2D eigenvalue weighted by atomic mass is 9.94. The third kappa shape index (κ3) is 5.44. The molecule has 1 aliphatic heterocycles. The van der Waals surface area contributed by atoms with Gasteiger partial charge in [-0.2, -0.15) is 0 Å². The van der Waals surface area contributed by atoms with Crippen molar-refractivity contribution in [3.05, 3.63) is 28.8 Å². The summed E-state index contributed by atoms with van der Waals surface area (Å²) in [5, 5.41) is 20.1. The Morgan fingerprint density at radius 3 is 2.72 bits per heavy atom. The number of aliphatic hydroxyl groups is 2. The zero-order chi connectivity index (χ0) is 18.6. The van der Waals surface area contributed by atoms with E-state index in [1.165, 1.54) is 5.56 Å². The Morgan fingerprint density at radius 1 is 1.32 bits per heavy atom. The standard InChI is InChI=1S/C20H30O5/c1-5-24-18(23)11-16(22)10-15(21)8-9-17-13(2)6-7-14-12-20(3,4)25-19(14)17/h6-7,15-16,21-22H,5,8-12H2,1-4H3. The van der Waals surface area contributed by atoms with E-state index in [1.807, 2.05) is 6.92 Å². The lowest BCUT2D eigenvalue weighted by Gasteiger charge is -2.20. The van der Waals surface area contributed by atoms with Crippen LogP contribution in [0.15, 0.2) is 12.1 Å². The van der Waals surface area contributed by atoms with Crippen molar-refractivity contribution >= 4 is 5.97 Å². The molecular weight excluding hydrogens is 320 g/mol. The SMILES string of the molecule is CCOC(=O)CC(O)CC(O)CCc1c(C)ccc2c1OC(C)(C)C2. The highest BCUT2D eigenvalue weighted by atomic mass is 16.5. The Hall–Kier alpha value is -1.59. The molecule has 25 heavy (non-hydrogen) atoms. The van der Waals surface area contributed by atoms with Crippen LogP contribution < -0.4 is 4.74 Å². The van der Waals surface area contributed by atoms with Crippen LogP contribution in [0.4, 0.5) is 0 Å². The fraction of sp³-hybridized carbons (Fsp3) is 0.650. The molecule has 0 fully saturated rings. The number of aliphatic hydroxyl groups excluding tert-OH is 2. The predicted molar refractivity (Wildman–Crippen MR) is 95.8 cm³/mol. The average molecular weight is 350 g/mol. The first kappa shape index (κ1) is 19.7. The molecular formula is C20H30O5. The first-order chi connectivity index (χ1) is 11.7. The van der Waals surface area contributed by atoms with Crippen LogP contribution in [-0.4, -0.2) is 40.6 Å². The number of ether oxygens (including phenoxy) is 2. The Bertz CT molecular complexity index is 608. The number of fused-ring (bicyclic) bond motifs is 1. The molecule has 1 aromatic rings. The van der Waals surface area contributed by atoms with Gasteiger partial charge in [0.15, 0.2) is 0 Å². The number of esters is 1. The second-order valence-corrected chi connectivity index (χ2v) is 7.48. The van der Waals surface area contributed by atoms with Crippen molar-refractivity contribution in [3.63, 3.8) is 0 Å². The van der Waals surface area contributed by atoms with E-state index in [9.17, 15) is 15.0 Å². The van der Waals surface area contributed by atoms with Crippen LogP contribution in [0, 0.1) is 6.92 Å². The summed E-state index contributed by atoms with van der Waals surface area (Å²) in [6, 6.07) is 4.21. The fourth-order valence-electron chi connectivity index (χ4n) is 3.36. The minimum Gasteiger partial charge on any atom is -0.487 e. The van der Waals surface area contributed by atoms with E-state index in [-0.39, 0.29) is 18.4 Å². The summed E-state index contributed by atoms with van der Waals surface area (Å²) in [6.07, 6.45) is 0.609. The van der Waals surface area contributed by atoms with Gasteiger partial charge in [-0.25, -0.2) is 0 Å². The smallest absolute Gasteiger partial charge is 0.308 e. The molecule has 0 saturated carbocycles. The molecule has 0 spiro atoms. The van der Waals surface area contributed by atoms with E-state index in [2.05, 4.69) is 26.0 Å². The molecule has 1 aliphatic rings. The molecule has 0 aromatic heterocycles. The lowest BCUT2D eigenvalue weighted by Crippen LogP contribution is -2.25. The zero-order valence-corrected chi connectivity index (χ0v) is 15.7. The third-order valence-corrected chi connectivity index (χ3v) is 4.55. The van der Waals surface area contributed by atoms with Gasteiger partial charge >= 0.3 is 5.97 Å². The van der Waals surface area contributed by atoms with Crippen LogP contribution >= 0.6 is 0 Å². The largest absolute Gasteiger partial charge is 0.487 e. The van der Waals surface area contributed by atoms with E-state index >= 15 is 0 Å². The molecule has 2 rings (SSSR count). The van der Waals surface area contributed by atoms with Gasteiger partial charge in [0.2, 0.25) is 0 Å². The summed E-state index contributed by atoms with van der Waals surface area (Å²) in [6.45, 7) is 8.22. The van der Waals surface area contributed by atoms with E-state index < -0.39 is 18.2 Å². The Kier molecular flexibility index (Phi) is 6.47. The fourth-order valence-corrected chi connectivity index (χ4v) is 3.36. The normalized spacial score (nSPS) is 17.5. The molecule has 2 atom stereocenters. The monoisotopic (exact) mass is 350 g/mol. The highest BCUT2D eigenvalue weighted by molar-refractivity contribution is 5.69. The van der Waals surface area contributed by atoms with Crippen molar-refractivity contribution in [2.45, 2.75) is 77.6 Å². The van der Waals surface area contributed by atoms with Crippen molar-refractivity contribution < 1.29 is 24.5 Å². The molecule has 2 N–H and O–H groups in total. The number of aryl methyl sites for hydroxylation is 1. The summed E-state index contributed by atoms with van der Waals surface area (Å²) >= 11 is 0. The topological polar surface area (TPSA) is 76.0 Å². The first-order valence-corrected chi connectivity index (χ1v) is 9.04. The highest BCUT2D eigenvalue weighted by Crippen LogP contribution is 2.39. The number of carbonyl (C=O) groups is 1. The van der Waals surface area contributed by atoms with Gasteiger partial charge in [0.1, 0.15) is 11.4 Å². The van der Waals surface area contributed by atoms with E-state index in [4.69, 9.17) is 9.47 Å². The summed E-state index contributed by atoms with van der Waals surface area (Å²) in [7, 11) is 0. The van der Waals surface area contributed by atoms with Crippen molar-refractivity contribution in [2.24, 2.45) is 0 Å². The van der Waals surface area contributed by atoms with E-state index in [1.54, 1.807) is 6.92 Å². The number of hydrogen-bond acceptors (Lipinski definition) is 5. The molecule has 0 aliphatic carbocycles. The summed E-state index contributed by atoms with van der Waals surface area (Å²) in [5.74, 6) is 0.513. The van der Waals surface area contributed by atoms with Gasteiger partial charge in [-0.15, -0.1) is 0 Å². The summed E-state index contributed by atoms with van der Waals surface area (Å²) in [5.41, 5.74) is 3.29. The maximum absolute atomic E-state index is 11.4. The van der Waals surface area contributed by atoms with Crippen molar-refractivity contribution in [2.75, 3.05) is 6.61 Å². The summed E-state index contributed by atoms with van der Waals surface area (Å²) in [4.78, 5) is 11.4. The van der Waals surface area contributed by atoms with Gasteiger partial charge in [-0.3, -0.25) is 4.79 Å². The van der Waals surface area contributed by atoms with Crippen LogP contribution in [-0.2, 0) is 22.4 Å². The molecule has 1 aromatic carbocycles. The summed E-state index contributed by atoms with van der Waals surface area (Å²) < 4.78 is 10.9. The number of rotatable bonds is 8. The Labute approximate surface area is 150 Å². The van der Waals surface area contributed by atoms with Gasteiger partial charge in [0, 0.05) is 6.42 Å². The minimum atomic E-state index is -0.883. The maximum Gasteiger partial charge on any atom is 0.308 e. The lowest BCUT2D eigenvalue weighted by molar-refractivity contribution is -0.145. The van der Waals surface area contributed by atoms with Gasteiger partial charge in [0.05, 0.1) is 25.2 Å². The van der Waals surface area contributed by atoms with Crippen molar-refractivity contribution in [3.8, 4) is 5.75 Å². The molecule has 5 nitrogen and oxygen atoms in total. The molecule has 140 valence electrons. The molecule has 5 heteroatoms. The van der Waals surface area contributed by atoms with Gasteiger partial charge < -0.3 is 19.7 Å². The number of carbonyl (C=O) groups excluding carboxylic acids is 1. The van der Waals surface area contributed by atoms with Crippen LogP contribution in [0.5, 0.6) is 5.75 Å². The van der Waals surface area contributed by atoms with Gasteiger partial charge in [-0.05, 0) is 63.6 Å². The van der Waals surface area contributed by atoms with Gasteiger partial charge in [0.25, 0.3) is 0 Å². The van der Waals surface area contributed by atoms with Crippen LogP contribution in [0.25, 0.3) is 0 Å². The second kappa shape index (κ2) is 8.19. The quantitative estimate of drug-likeness (QED) is 0.705. The van der Waals surface area contributed by atoms with Crippen LogP contribution in [0.3, 0.4) is 0 Å². The molecule has 0 saturated heterocycles. The molecule has 1 heterocycles. The Morgan fingerprint density at radius 2 is 2.04 bits per heavy atom. The van der Waals surface area contributed by atoms with Crippen molar-refractivity contribution in [1.29, 1.82) is 0 Å². The minimum absolute atomic E-state index is 0.0814. The number of hydrogen-bond donors (Lipinski definition) is 2. The van der Waals surface area contributed by atoms with E-state index in [0.717, 1.165) is 23.3 Å². The van der Waals surface area contributed by atoms with Crippen LogP contribution in [0.2, 0.25) is 0 Å². The first-order valence-electron chi connectivity index (χ1n) is 9.04. The molecule has 0 amide bonds.